The maximum absolute atomic E-state index is 5.97. The number of hydrogen-bond acceptors (Lipinski definition) is 4. The Bertz CT molecular complexity index is 630. The number of aromatic amines is 1. The average molecular weight is 371 g/mol. The van der Waals surface area contributed by atoms with Gasteiger partial charge in [-0.05, 0) is 59.4 Å². The molecule has 1 unspecified atom stereocenters. The van der Waals surface area contributed by atoms with Gasteiger partial charge in [-0.2, -0.15) is 4.98 Å². The number of benzene rings is 1. The number of anilines is 1. The summed E-state index contributed by atoms with van der Waals surface area (Å²) < 4.78 is 0.899. The Morgan fingerprint density at radius 1 is 1.48 bits per heavy atom. The summed E-state index contributed by atoms with van der Waals surface area (Å²) in [4.78, 5) is 6.81. The Labute approximate surface area is 137 Å². The summed E-state index contributed by atoms with van der Waals surface area (Å²) in [6.07, 6.45) is 2.32. The van der Waals surface area contributed by atoms with Gasteiger partial charge in [-0.3, -0.25) is 5.10 Å². The number of nitrogens with two attached hydrogens (primary N) is 1. The van der Waals surface area contributed by atoms with Crippen molar-refractivity contribution in [2.45, 2.75) is 12.8 Å². The minimum Gasteiger partial charge on any atom is -0.339 e. The number of hydrogen-bond donors (Lipinski definition) is 2. The van der Waals surface area contributed by atoms with Crippen molar-refractivity contribution in [3.05, 3.63) is 27.7 Å². The standard InChI is InChI=1S/C14H17BrClN5/c15-12-6-10(16)3-4-11(12)13-18-14(20-19-13)21-5-1-2-9(7-17)8-21/h3-4,6,9H,1-2,5,7-8,17H2,(H,18,19,20). The van der Waals surface area contributed by atoms with E-state index in [9.17, 15) is 0 Å². The average Bonchev–Trinajstić information content (AvgIpc) is 2.97. The molecule has 112 valence electrons. The molecule has 3 rings (SSSR count). The molecule has 0 amide bonds. The van der Waals surface area contributed by atoms with E-state index >= 15 is 0 Å². The van der Waals surface area contributed by atoms with Crippen LogP contribution in [0.25, 0.3) is 11.4 Å². The van der Waals surface area contributed by atoms with Crippen LogP contribution in [0.15, 0.2) is 22.7 Å². The lowest BCUT2D eigenvalue weighted by Crippen LogP contribution is -2.38. The second-order valence-electron chi connectivity index (χ2n) is 5.30. The predicted octanol–water partition coefficient (Wildman–Crippen LogP) is 3.06. The van der Waals surface area contributed by atoms with Gasteiger partial charge in [0.25, 0.3) is 0 Å². The molecule has 1 aromatic carbocycles. The van der Waals surface area contributed by atoms with Crippen LogP contribution in [0, 0.1) is 5.92 Å². The van der Waals surface area contributed by atoms with Crippen LogP contribution in [-0.4, -0.2) is 34.8 Å². The summed E-state index contributed by atoms with van der Waals surface area (Å²) in [5, 5.41) is 8.04. The molecule has 0 saturated carbocycles. The zero-order valence-electron chi connectivity index (χ0n) is 11.5. The van der Waals surface area contributed by atoms with Crippen LogP contribution in [0.2, 0.25) is 5.02 Å². The summed E-state index contributed by atoms with van der Waals surface area (Å²) in [7, 11) is 0. The first-order valence-electron chi connectivity index (χ1n) is 7.00. The van der Waals surface area contributed by atoms with Crippen LogP contribution >= 0.6 is 27.5 Å². The van der Waals surface area contributed by atoms with Crippen molar-refractivity contribution >= 4 is 33.5 Å². The van der Waals surface area contributed by atoms with Gasteiger partial charge >= 0.3 is 0 Å². The zero-order chi connectivity index (χ0) is 14.8. The lowest BCUT2D eigenvalue weighted by Gasteiger charge is -2.31. The Morgan fingerprint density at radius 2 is 2.33 bits per heavy atom. The van der Waals surface area contributed by atoms with E-state index in [2.05, 4.69) is 36.0 Å². The number of piperidine rings is 1. The highest BCUT2D eigenvalue weighted by Gasteiger charge is 2.22. The van der Waals surface area contributed by atoms with Gasteiger partial charge in [0, 0.05) is 28.1 Å². The van der Waals surface area contributed by atoms with Gasteiger partial charge in [0.05, 0.1) is 0 Å². The molecule has 0 radical (unpaired) electrons. The molecule has 1 saturated heterocycles. The van der Waals surface area contributed by atoms with Crippen molar-refractivity contribution in [2.75, 3.05) is 24.5 Å². The molecule has 2 heterocycles. The van der Waals surface area contributed by atoms with Crippen molar-refractivity contribution in [1.29, 1.82) is 0 Å². The molecule has 2 aromatic rings. The second kappa shape index (κ2) is 6.34. The molecule has 21 heavy (non-hydrogen) atoms. The van der Waals surface area contributed by atoms with E-state index in [4.69, 9.17) is 17.3 Å². The summed E-state index contributed by atoms with van der Waals surface area (Å²) in [6.45, 7) is 2.63. The van der Waals surface area contributed by atoms with Gasteiger partial charge in [-0.25, -0.2) is 0 Å². The maximum atomic E-state index is 5.97. The van der Waals surface area contributed by atoms with Gasteiger partial charge in [0.15, 0.2) is 5.82 Å². The molecule has 0 bridgehead atoms. The van der Waals surface area contributed by atoms with Crippen molar-refractivity contribution in [1.82, 2.24) is 15.2 Å². The highest BCUT2D eigenvalue weighted by atomic mass is 79.9. The maximum Gasteiger partial charge on any atom is 0.245 e. The lowest BCUT2D eigenvalue weighted by molar-refractivity contribution is 0.420. The molecule has 1 aliphatic rings. The van der Waals surface area contributed by atoms with Crippen LogP contribution in [0.1, 0.15) is 12.8 Å². The van der Waals surface area contributed by atoms with Crippen molar-refractivity contribution in [3.63, 3.8) is 0 Å². The molecule has 3 N–H and O–H groups in total. The first-order valence-corrected chi connectivity index (χ1v) is 8.17. The molecule has 0 spiro atoms. The fourth-order valence-corrected chi connectivity index (χ4v) is 3.51. The number of rotatable bonds is 3. The SMILES string of the molecule is NCC1CCCN(c2n[nH]c(-c3ccc(Cl)cc3Br)n2)C1. The van der Waals surface area contributed by atoms with Gasteiger partial charge < -0.3 is 10.6 Å². The van der Waals surface area contributed by atoms with E-state index in [0.29, 0.717) is 10.9 Å². The topological polar surface area (TPSA) is 70.8 Å². The predicted molar refractivity (Wildman–Crippen MR) is 88.5 cm³/mol. The van der Waals surface area contributed by atoms with Gasteiger partial charge in [-0.1, -0.05) is 11.6 Å². The smallest absolute Gasteiger partial charge is 0.245 e. The van der Waals surface area contributed by atoms with Crippen LogP contribution in [-0.2, 0) is 0 Å². The number of nitrogens with one attached hydrogen (secondary N) is 1. The highest BCUT2D eigenvalue weighted by molar-refractivity contribution is 9.10. The molecule has 0 aliphatic carbocycles. The highest BCUT2D eigenvalue weighted by Crippen LogP contribution is 2.29. The van der Waals surface area contributed by atoms with Crippen LogP contribution < -0.4 is 10.6 Å². The number of halogens is 2. The Kier molecular flexibility index (Phi) is 4.47. The monoisotopic (exact) mass is 369 g/mol. The summed E-state index contributed by atoms with van der Waals surface area (Å²) >= 11 is 9.47. The molecule has 1 aliphatic heterocycles. The van der Waals surface area contributed by atoms with Crippen LogP contribution in [0.5, 0.6) is 0 Å². The molecule has 1 aromatic heterocycles. The fourth-order valence-electron chi connectivity index (χ4n) is 2.64. The van der Waals surface area contributed by atoms with Crippen molar-refractivity contribution in [3.8, 4) is 11.4 Å². The molecule has 7 heteroatoms. The Morgan fingerprint density at radius 3 is 3.10 bits per heavy atom. The van der Waals surface area contributed by atoms with E-state index < -0.39 is 0 Å². The minimum absolute atomic E-state index is 0.531. The first-order chi connectivity index (χ1) is 10.2. The van der Waals surface area contributed by atoms with E-state index in [-0.39, 0.29) is 0 Å². The molecule has 1 atom stereocenters. The number of nitrogens with zero attached hydrogens (tertiary/aromatic N) is 3. The zero-order valence-corrected chi connectivity index (χ0v) is 13.9. The summed E-state index contributed by atoms with van der Waals surface area (Å²) in [5.41, 5.74) is 6.73. The second-order valence-corrected chi connectivity index (χ2v) is 6.59. The molecular formula is C14H17BrClN5. The number of H-pyrrole nitrogens is 1. The van der Waals surface area contributed by atoms with Crippen molar-refractivity contribution < 1.29 is 0 Å². The Balaban J connectivity index is 1.83. The third-order valence-electron chi connectivity index (χ3n) is 3.80. The van der Waals surface area contributed by atoms with E-state index in [1.165, 1.54) is 6.42 Å². The third kappa shape index (κ3) is 3.22. The lowest BCUT2D eigenvalue weighted by atomic mass is 9.99. The minimum atomic E-state index is 0.531. The summed E-state index contributed by atoms with van der Waals surface area (Å²) in [5.74, 6) is 2.01. The molecule has 1 fully saturated rings. The summed E-state index contributed by atoms with van der Waals surface area (Å²) in [6, 6.07) is 5.62. The van der Waals surface area contributed by atoms with Crippen molar-refractivity contribution in [2.24, 2.45) is 11.7 Å². The number of aromatic nitrogens is 3. The quantitative estimate of drug-likeness (QED) is 0.871. The molecule has 5 nitrogen and oxygen atoms in total. The van der Waals surface area contributed by atoms with Gasteiger partial charge in [0.2, 0.25) is 5.95 Å². The third-order valence-corrected chi connectivity index (χ3v) is 4.69. The van der Waals surface area contributed by atoms with E-state index in [1.807, 2.05) is 18.2 Å². The largest absolute Gasteiger partial charge is 0.339 e. The van der Waals surface area contributed by atoms with Crippen LogP contribution in [0.3, 0.4) is 0 Å². The van der Waals surface area contributed by atoms with Crippen LogP contribution in [0.4, 0.5) is 5.95 Å². The molecular weight excluding hydrogens is 354 g/mol. The van der Waals surface area contributed by atoms with Gasteiger partial charge in [-0.15, -0.1) is 5.10 Å². The van der Waals surface area contributed by atoms with Gasteiger partial charge in [0.1, 0.15) is 0 Å². The first kappa shape index (κ1) is 14.8. The Hall–Kier alpha value is -1.11. The normalized spacial score (nSPS) is 19.0. The van der Waals surface area contributed by atoms with E-state index in [0.717, 1.165) is 47.9 Å². The van der Waals surface area contributed by atoms with E-state index in [1.54, 1.807) is 0 Å². The fraction of sp³-hybridized carbons (Fsp3) is 0.429.